The fourth-order valence-corrected chi connectivity index (χ4v) is 6.47. The summed E-state index contributed by atoms with van der Waals surface area (Å²) >= 11 is 6.29. The molecular formula is C31H35ClN8O3. The number of piperidine rings is 2. The number of pyridine rings is 2. The lowest BCUT2D eigenvalue weighted by Gasteiger charge is -2.43. The zero-order chi connectivity index (χ0) is 29.3. The van der Waals surface area contributed by atoms with E-state index in [9.17, 15) is 0 Å². The maximum absolute atomic E-state index is 6.29. The Hall–Kier alpha value is -3.93. The van der Waals surface area contributed by atoms with Crippen molar-refractivity contribution >= 4 is 51.9 Å². The van der Waals surface area contributed by atoms with Crippen LogP contribution in [0.4, 0.5) is 17.8 Å². The van der Waals surface area contributed by atoms with Gasteiger partial charge in [-0.1, -0.05) is 17.7 Å². The first-order valence-corrected chi connectivity index (χ1v) is 15.3. The molecule has 0 saturated carbocycles. The van der Waals surface area contributed by atoms with E-state index in [4.69, 9.17) is 35.9 Å². The minimum Gasteiger partial charge on any atom is -0.492 e. The Morgan fingerprint density at radius 1 is 0.930 bits per heavy atom. The van der Waals surface area contributed by atoms with Crippen LogP contribution < -0.4 is 15.4 Å². The molecule has 2 aliphatic rings. The third kappa shape index (κ3) is 5.84. The molecule has 2 fully saturated rings. The Labute approximate surface area is 254 Å². The van der Waals surface area contributed by atoms with Crippen LogP contribution in [0.1, 0.15) is 38.2 Å². The molecule has 2 N–H and O–H groups in total. The zero-order valence-corrected chi connectivity index (χ0v) is 24.9. The van der Waals surface area contributed by atoms with Gasteiger partial charge in [-0.05, 0) is 87.7 Å². The maximum atomic E-state index is 6.29. The van der Waals surface area contributed by atoms with Gasteiger partial charge >= 0.3 is 12.0 Å². The lowest BCUT2D eigenvalue weighted by molar-refractivity contribution is 0.0844. The molecule has 0 spiro atoms. The smallest absolute Gasteiger partial charge is 0.308 e. The van der Waals surface area contributed by atoms with Gasteiger partial charge in [0.2, 0.25) is 11.3 Å². The average molecular weight is 603 g/mol. The van der Waals surface area contributed by atoms with E-state index >= 15 is 0 Å². The summed E-state index contributed by atoms with van der Waals surface area (Å²) in [4.78, 5) is 25.2. The fraction of sp³-hybridized carbons (Fsp3) is 0.419. The molecular weight excluding hydrogens is 568 g/mol. The molecule has 0 bridgehead atoms. The number of halogens is 1. The van der Waals surface area contributed by atoms with Crippen molar-refractivity contribution in [2.45, 2.75) is 51.2 Å². The third-order valence-electron chi connectivity index (χ3n) is 8.47. The molecule has 7 rings (SSSR count). The lowest BCUT2D eigenvalue weighted by Crippen LogP contribution is -2.50. The van der Waals surface area contributed by atoms with Gasteiger partial charge in [-0.15, -0.1) is 0 Å². The maximum Gasteiger partial charge on any atom is 0.308 e. The van der Waals surface area contributed by atoms with Gasteiger partial charge in [-0.2, -0.15) is 9.97 Å². The van der Waals surface area contributed by atoms with Gasteiger partial charge in [-0.3, -0.25) is 4.90 Å². The van der Waals surface area contributed by atoms with E-state index in [-0.39, 0.29) is 6.04 Å². The van der Waals surface area contributed by atoms with Gasteiger partial charge < -0.3 is 24.2 Å². The van der Waals surface area contributed by atoms with E-state index in [0.717, 1.165) is 64.2 Å². The molecule has 43 heavy (non-hydrogen) atoms. The number of anilines is 3. The molecule has 12 heteroatoms. The van der Waals surface area contributed by atoms with E-state index in [0.29, 0.717) is 58.0 Å². The van der Waals surface area contributed by atoms with Crippen LogP contribution in [0.25, 0.3) is 22.5 Å². The number of likely N-dealkylation sites (tertiary alicyclic amines) is 2. The first kappa shape index (κ1) is 27.9. The van der Waals surface area contributed by atoms with E-state index in [1.54, 1.807) is 18.3 Å². The van der Waals surface area contributed by atoms with Gasteiger partial charge in [0.15, 0.2) is 11.2 Å². The molecule has 0 radical (unpaired) electrons. The standard InChI is InChI=1S/C31H35ClN8O3/c1-2-41-26-18-20(5-6-23(26)32)19-38-14-9-21(10-15-38)39-16-11-22(12-17-39)40(30-36-28-24(42-30)4-3-13-34-28)31-37-29-25(43-31)7-8-27(33)35-29/h3-8,13,18,21-22H,2,9-12,14-17,19H2,1H3,(H2,33,35). The van der Waals surface area contributed by atoms with Gasteiger partial charge in [0.25, 0.3) is 0 Å². The Morgan fingerprint density at radius 2 is 1.67 bits per heavy atom. The number of hydrogen-bond acceptors (Lipinski definition) is 11. The van der Waals surface area contributed by atoms with Crippen LogP contribution in [-0.2, 0) is 6.54 Å². The van der Waals surface area contributed by atoms with Crippen molar-refractivity contribution in [3.8, 4) is 5.75 Å². The predicted molar refractivity (Wildman–Crippen MR) is 166 cm³/mol. The van der Waals surface area contributed by atoms with Gasteiger partial charge in [0.1, 0.15) is 11.6 Å². The summed E-state index contributed by atoms with van der Waals surface area (Å²) in [6.45, 7) is 7.58. The van der Waals surface area contributed by atoms with Crippen LogP contribution >= 0.6 is 11.6 Å². The van der Waals surface area contributed by atoms with Crippen LogP contribution in [0.2, 0.25) is 5.02 Å². The van der Waals surface area contributed by atoms with Crippen molar-refractivity contribution in [1.82, 2.24) is 29.7 Å². The van der Waals surface area contributed by atoms with Crippen LogP contribution in [-0.4, -0.2) is 74.6 Å². The van der Waals surface area contributed by atoms with Crippen molar-refractivity contribution in [3.63, 3.8) is 0 Å². The Bertz CT molecular complexity index is 1680. The highest BCUT2D eigenvalue weighted by molar-refractivity contribution is 6.32. The Kier molecular flexibility index (Phi) is 7.77. The average Bonchev–Trinajstić information content (AvgIpc) is 3.64. The number of nitrogens with two attached hydrogens (primary N) is 1. The molecule has 0 unspecified atom stereocenters. The monoisotopic (exact) mass is 602 g/mol. The summed E-state index contributed by atoms with van der Waals surface area (Å²) in [6, 6.07) is 14.8. The van der Waals surface area contributed by atoms with Gasteiger partial charge in [0, 0.05) is 37.9 Å². The molecule has 2 saturated heterocycles. The summed E-state index contributed by atoms with van der Waals surface area (Å²) in [5.41, 5.74) is 9.35. The Balaban J connectivity index is 1.02. The normalized spacial score (nSPS) is 17.6. The summed E-state index contributed by atoms with van der Waals surface area (Å²) in [7, 11) is 0. The first-order valence-electron chi connectivity index (χ1n) is 15.0. The molecule has 224 valence electrons. The molecule has 1 aromatic carbocycles. The molecule has 0 amide bonds. The minimum absolute atomic E-state index is 0.0965. The number of hydrogen-bond donors (Lipinski definition) is 1. The number of nitrogens with zero attached hydrogens (tertiary/aromatic N) is 7. The van der Waals surface area contributed by atoms with Gasteiger partial charge in [0.05, 0.1) is 11.6 Å². The SMILES string of the molecule is CCOc1cc(CN2CCC(N3CCC(N(c4nc5ncccc5o4)c4nc5nc(N)ccc5o4)CC3)CC2)ccc1Cl. The topological polar surface area (TPSA) is 123 Å². The number of nitrogen functional groups attached to an aromatic ring is 1. The lowest BCUT2D eigenvalue weighted by atomic mass is 9.97. The van der Waals surface area contributed by atoms with Crippen LogP contribution in [0.3, 0.4) is 0 Å². The molecule has 4 aromatic heterocycles. The summed E-state index contributed by atoms with van der Waals surface area (Å²) in [5.74, 6) is 1.16. The second-order valence-electron chi connectivity index (χ2n) is 11.2. The van der Waals surface area contributed by atoms with Gasteiger partial charge in [-0.25, -0.2) is 14.9 Å². The van der Waals surface area contributed by atoms with Crippen LogP contribution in [0.15, 0.2) is 57.5 Å². The molecule has 0 atom stereocenters. The predicted octanol–water partition coefficient (Wildman–Crippen LogP) is 5.66. The van der Waals surface area contributed by atoms with Crippen molar-refractivity contribution < 1.29 is 13.6 Å². The Morgan fingerprint density at radius 3 is 2.42 bits per heavy atom. The highest BCUT2D eigenvalue weighted by Gasteiger charge is 2.35. The van der Waals surface area contributed by atoms with Crippen molar-refractivity contribution in [2.75, 3.05) is 43.4 Å². The molecule has 2 aliphatic heterocycles. The fourth-order valence-electron chi connectivity index (χ4n) is 6.30. The molecule has 6 heterocycles. The van der Waals surface area contributed by atoms with Crippen molar-refractivity contribution in [3.05, 3.63) is 59.2 Å². The number of oxazole rings is 2. The highest BCUT2D eigenvalue weighted by Crippen LogP contribution is 2.35. The van der Waals surface area contributed by atoms with Crippen LogP contribution in [0, 0.1) is 0 Å². The first-order chi connectivity index (χ1) is 21.0. The zero-order valence-electron chi connectivity index (χ0n) is 24.2. The van der Waals surface area contributed by atoms with Crippen LogP contribution in [0.5, 0.6) is 5.75 Å². The van der Waals surface area contributed by atoms with E-state index < -0.39 is 0 Å². The number of benzene rings is 1. The summed E-state index contributed by atoms with van der Waals surface area (Å²) in [6.07, 6.45) is 5.85. The highest BCUT2D eigenvalue weighted by atomic mass is 35.5. The minimum atomic E-state index is 0.0965. The van der Waals surface area contributed by atoms with E-state index in [1.165, 1.54) is 5.56 Å². The molecule has 11 nitrogen and oxygen atoms in total. The molecule has 0 aliphatic carbocycles. The third-order valence-corrected chi connectivity index (χ3v) is 8.78. The van der Waals surface area contributed by atoms with E-state index in [1.807, 2.05) is 30.0 Å². The number of ether oxygens (including phenoxy) is 1. The quantitative estimate of drug-likeness (QED) is 0.237. The summed E-state index contributed by atoms with van der Waals surface area (Å²) in [5, 5.41) is 0.663. The number of fused-ring (bicyclic) bond motifs is 2. The number of aromatic nitrogens is 4. The molecule has 5 aromatic rings. The summed E-state index contributed by atoms with van der Waals surface area (Å²) < 4.78 is 18.0. The van der Waals surface area contributed by atoms with Crippen molar-refractivity contribution in [2.24, 2.45) is 0 Å². The second-order valence-corrected chi connectivity index (χ2v) is 11.6. The van der Waals surface area contributed by atoms with E-state index in [2.05, 4.69) is 36.9 Å². The second kappa shape index (κ2) is 12.0. The number of rotatable bonds is 8. The largest absolute Gasteiger partial charge is 0.492 e. The van der Waals surface area contributed by atoms with Crippen molar-refractivity contribution in [1.29, 1.82) is 0 Å².